The average Bonchev–Trinajstić information content (AvgIpc) is 2.32. The van der Waals surface area contributed by atoms with Gasteiger partial charge in [0.1, 0.15) is 29.6 Å². The number of anilines is 4. The van der Waals surface area contributed by atoms with Crippen molar-refractivity contribution in [3.8, 4) is 0 Å². The SMILES string of the molecule is CC(C)(C)S(=O)N[C@H](c1ccccc1)c1ccc(F)c(N)c1.Cl.Fc1ccc([C@H](NCC2CC2)c2ccccc2)cc1NCC1CC1.Nc1cc([C@H](N)c2ccccc2)ccc1F.Nc1cc([C@H](NCC2CC2)c2ccccc2)ccc1F.O=CC1CC1.[B].[H-].[Na+]. The van der Waals surface area contributed by atoms with Gasteiger partial charge in [-0.2, -0.15) is 0 Å². The Morgan fingerprint density at radius 1 is 0.478 bits per heavy atom. The Morgan fingerprint density at radius 2 is 0.811 bits per heavy atom. The molecule has 4 saturated carbocycles. The minimum Gasteiger partial charge on any atom is -1.00 e. The quantitative estimate of drug-likeness (QED) is 0.0159. The molecule has 3 radical (unpaired) electrons. The molecule has 4 aliphatic rings. The fraction of sp³-hybridized carbons (Fsp3) is 0.319. The third-order valence-corrected chi connectivity index (χ3v) is 17.0. The van der Waals surface area contributed by atoms with Crippen LogP contribution in [-0.2, 0) is 15.8 Å². The molecule has 0 heterocycles. The van der Waals surface area contributed by atoms with Crippen molar-refractivity contribution in [2.24, 2.45) is 29.4 Å². The van der Waals surface area contributed by atoms with E-state index in [-0.39, 0.29) is 105 Å². The summed E-state index contributed by atoms with van der Waals surface area (Å²) in [6.45, 7) is 8.61. The summed E-state index contributed by atoms with van der Waals surface area (Å²) in [4.78, 5) is 9.57. The van der Waals surface area contributed by atoms with Crippen molar-refractivity contribution in [1.29, 1.82) is 0 Å². The van der Waals surface area contributed by atoms with Gasteiger partial charge in [0, 0.05) is 20.9 Å². The van der Waals surface area contributed by atoms with Gasteiger partial charge in [0.05, 0.1) is 62.6 Å². The normalized spacial score (nSPS) is 15.5. The van der Waals surface area contributed by atoms with Gasteiger partial charge >= 0.3 is 29.6 Å². The van der Waals surface area contributed by atoms with Crippen LogP contribution in [-0.4, -0.2) is 43.3 Å². The number of hydrogen-bond acceptors (Lipinski definition) is 9. The van der Waals surface area contributed by atoms with E-state index in [1.165, 1.54) is 67.9 Å². The molecule has 12 rings (SSSR count). The number of benzene rings is 8. The van der Waals surface area contributed by atoms with Crippen molar-refractivity contribution in [2.45, 2.75) is 101 Å². The maximum absolute atomic E-state index is 14.1. The Balaban J connectivity index is 0.000000250. The van der Waals surface area contributed by atoms with Crippen molar-refractivity contribution in [3.05, 3.63) is 262 Å². The van der Waals surface area contributed by atoms with E-state index in [1.807, 2.05) is 124 Å². The molecule has 4 fully saturated rings. The van der Waals surface area contributed by atoms with E-state index in [0.29, 0.717) is 11.6 Å². The fourth-order valence-electron chi connectivity index (χ4n) is 9.38. The largest absolute Gasteiger partial charge is 1.00 e. The van der Waals surface area contributed by atoms with Gasteiger partial charge in [-0.05, 0) is 196 Å². The minimum absolute atomic E-state index is 0. The van der Waals surface area contributed by atoms with Gasteiger partial charge in [-0.3, -0.25) is 0 Å². The number of rotatable bonds is 20. The van der Waals surface area contributed by atoms with Crippen LogP contribution in [0.15, 0.2) is 194 Å². The number of carbonyl (C=O) groups excluding carboxylic acids is 1. The van der Waals surface area contributed by atoms with Crippen LogP contribution in [0.5, 0.6) is 0 Å². The van der Waals surface area contributed by atoms with E-state index < -0.39 is 27.4 Å². The topological polar surface area (TPSA) is 186 Å². The Bertz CT molecular complexity index is 3470. The summed E-state index contributed by atoms with van der Waals surface area (Å²) in [6.07, 6.45) is 11.1. The van der Waals surface area contributed by atoms with Gasteiger partial charge in [-0.1, -0.05) is 146 Å². The fourth-order valence-corrected chi connectivity index (χ4v) is 10.2. The van der Waals surface area contributed by atoms with E-state index in [0.717, 1.165) is 89.9 Å². The zero-order valence-corrected chi connectivity index (χ0v) is 55.6. The molecule has 0 amide bonds. The molecule has 1 unspecified atom stereocenters. The second kappa shape index (κ2) is 36.7. The standard InChI is InChI=1S/C21H25FN2.C17H21FN2OS.C17H19FN2.C13H13FN2.C4H6O.B.ClH.Na.H/c22-19-11-10-18(12-20(19)23-13-15-6-7-15)21(24-14-16-8-9-16)17-4-2-1-3-5-17;1-17(2,3)22(21)20-16(12-7-5-4-6-8-12)13-9-10-14(18)15(19)11-13;18-15-9-8-14(10-16(15)19)17(20-11-12-6-7-12)13-4-2-1-3-5-13;14-11-7-6-10(8-12(11)15)13(16)9-4-2-1-3-5-9;5-3-4-1-2-4;;;;/h1-5,10-12,15-16,21,23-24H,6-9,13-14H2;4-11,16,20H,19H2,1-3H3;1-5,8-10,12,17,20H,6-7,11,19H2;1-8,13H,15-16H2;3-4H,1-2H2;;1H;;/q;;;;;;;+1;-1/t21-;16-,22?;17-;13-;;;;;/m1111...../s1. The Morgan fingerprint density at radius 3 is 1.17 bits per heavy atom. The number of halogens is 5. The molecule has 90 heavy (non-hydrogen) atoms. The molecule has 8 aromatic carbocycles. The van der Waals surface area contributed by atoms with E-state index in [1.54, 1.807) is 36.4 Å². The summed E-state index contributed by atoms with van der Waals surface area (Å²) >= 11 is 0. The molecule has 18 heteroatoms. The first-order chi connectivity index (χ1) is 41.9. The predicted molar refractivity (Wildman–Crippen MR) is 363 cm³/mol. The molecule has 0 aromatic heterocycles. The first-order valence-corrected chi connectivity index (χ1v) is 31.3. The van der Waals surface area contributed by atoms with Gasteiger partial charge in [-0.15, -0.1) is 12.4 Å². The number of hydrogen-bond donors (Lipinski definition) is 8. The van der Waals surface area contributed by atoms with Crippen LogP contribution in [0.25, 0.3) is 0 Å². The van der Waals surface area contributed by atoms with Crippen LogP contribution in [0.4, 0.5) is 40.3 Å². The van der Waals surface area contributed by atoms with Crippen molar-refractivity contribution in [3.63, 3.8) is 0 Å². The molecular weight excluding hydrogens is 1190 g/mol. The first-order valence-electron chi connectivity index (χ1n) is 30.2. The minimum atomic E-state index is -1.26. The van der Waals surface area contributed by atoms with Crippen LogP contribution in [0, 0.1) is 46.9 Å². The molecule has 4 aliphatic carbocycles. The summed E-state index contributed by atoms with van der Waals surface area (Å²) in [5.41, 5.74) is 32.1. The van der Waals surface area contributed by atoms with Crippen molar-refractivity contribution in [2.75, 3.05) is 42.2 Å². The summed E-state index contributed by atoms with van der Waals surface area (Å²) in [5.74, 6) is 1.40. The molecule has 471 valence electrons. The molecule has 0 spiro atoms. The third kappa shape index (κ3) is 24.1. The van der Waals surface area contributed by atoms with Gasteiger partial charge < -0.3 is 45.1 Å². The van der Waals surface area contributed by atoms with E-state index in [9.17, 15) is 26.6 Å². The number of nitrogen functional groups attached to an aromatic ring is 3. The second-order valence-electron chi connectivity index (χ2n) is 24.0. The molecule has 8 aromatic rings. The summed E-state index contributed by atoms with van der Waals surface area (Å²) in [5, 5.41) is 10.6. The first kappa shape index (κ1) is 74.4. The Hall–Kier alpha value is -6.31. The maximum atomic E-state index is 14.1. The Kier molecular flexibility index (Phi) is 30.3. The van der Waals surface area contributed by atoms with Gasteiger partial charge in [-0.25, -0.2) is 26.5 Å². The number of nitrogens with one attached hydrogen (secondary N) is 4. The number of carbonyl (C=O) groups is 1. The maximum Gasteiger partial charge on any atom is 1.00 e. The smallest absolute Gasteiger partial charge is 1.00 e. The summed E-state index contributed by atoms with van der Waals surface area (Å²) in [6, 6.07) is 59.2. The third-order valence-electron chi connectivity index (χ3n) is 15.5. The molecule has 0 aliphatic heterocycles. The second-order valence-corrected chi connectivity index (χ2v) is 26.0. The molecule has 10 nitrogen and oxygen atoms in total. The predicted octanol–water partition coefficient (Wildman–Crippen LogP) is 12.0. The molecular formula is C72H86BClF4N8NaO2S. The van der Waals surface area contributed by atoms with Gasteiger partial charge in [0.15, 0.2) is 0 Å². The van der Waals surface area contributed by atoms with Crippen LogP contribution in [0.1, 0.15) is 142 Å². The number of aldehydes is 1. The zero-order valence-electron chi connectivity index (χ0n) is 53.0. The molecule has 5 atom stereocenters. The van der Waals surface area contributed by atoms with Crippen LogP contribution in [0.3, 0.4) is 0 Å². The van der Waals surface area contributed by atoms with Gasteiger partial charge in [0.2, 0.25) is 0 Å². The van der Waals surface area contributed by atoms with E-state index in [4.69, 9.17) is 22.9 Å². The van der Waals surface area contributed by atoms with Crippen molar-refractivity contribution < 1.29 is 57.5 Å². The Labute approximate surface area is 564 Å². The molecule has 0 bridgehead atoms. The monoisotopic (exact) mass is 1270 g/mol. The van der Waals surface area contributed by atoms with E-state index >= 15 is 0 Å². The number of nitrogens with two attached hydrogens (primary N) is 4. The molecule has 12 N–H and O–H groups in total. The van der Waals surface area contributed by atoms with E-state index in [2.05, 4.69) is 57.1 Å². The van der Waals surface area contributed by atoms with Crippen LogP contribution >= 0.6 is 12.4 Å². The van der Waals surface area contributed by atoms with Crippen molar-refractivity contribution in [1.82, 2.24) is 15.4 Å². The molecule has 0 saturated heterocycles. The van der Waals surface area contributed by atoms with Crippen molar-refractivity contribution >= 4 is 60.8 Å². The zero-order chi connectivity index (χ0) is 61.9. The van der Waals surface area contributed by atoms with Gasteiger partial charge in [0.25, 0.3) is 0 Å². The van der Waals surface area contributed by atoms with Crippen LogP contribution < -0.4 is 73.2 Å². The average molecular weight is 1270 g/mol. The summed E-state index contributed by atoms with van der Waals surface area (Å²) < 4.78 is 69.1. The summed E-state index contributed by atoms with van der Waals surface area (Å²) in [7, 11) is -1.26. The van der Waals surface area contributed by atoms with Crippen LogP contribution in [0.2, 0.25) is 0 Å².